The lowest BCUT2D eigenvalue weighted by Gasteiger charge is -2.21. The fourth-order valence-electron chi connectivity index (χ4n) is 2.76. The molecular weight excluding hydrogens is 586 g/mol. The molecule has 32 heavy (non-hydrogen) atoms. The molecule has 0 atom stereocenters. The number of nitrogens with zero attached hydrogens (tertiary/aromatic N) is 1. The van der Waals surface area contributed by atoms with Crippen LogP contribution in [0.2, 0.25) is 10.0 Å². The van der Waals surface area contributed by atoms with Crippen LogP contribution in [0.4, 0.5) is 11.4 Å². The fourth-order valence-corrected chi connectivity index (χ4v) is 3.99. The van der Waals surface area contributed by atoms with Gasteiger partial charge in [0, 0.05) is 43.5 Å². The van der Waals surface area contributed by atoms with Crippen molar-refractivity contribution in [3.63, 3.8) is 0 Å². The second-order valence-electron chi connectivity index (χ2n) is 6.90. The molecule has 168 valence electrons. The summed E-state index contributed by atoms with van der Waals surface area (Å²) in [6.45, 7) is 0.0541. The molecule has 0 saturated carbocycles. The highest BCUT2D eigenvalue weighted by atomic mass is 127. The molecule has 0 bridgehead atoms. The van der Waals surface area contributed by atoms with Crippen molar-refractivity contribution in [3.8, 4) is 5.75 Å². The smallest absolute Gasteiger partial charge is 0.255 e. The van der Waals surface area contributed by atoms with Crippen LogP contribution in [0.15, 0.2) is 60.7 Å². The quantitative estimate of drug-likeness (QED) is 0.345. The standard InChI is InChI=1S/C22H19Cl2IN2O4S/c1-27(32(2,29)30)20-10-8-18(26-22(28)14-3-6-17(25)7-4-14)12-21(20)31-13-15-11-16(23)5-9-19(15)24/h3-12H,13H2,1-2H3,(H,26,28). The number of benzene rings is 3. The molecule has 0 aliphatic carbocycles. The summed E-state index contributed by atoms with van der Waals surface area (Å²) >= 11 is 14.4. The van der Waals surface area contributed by atoms with Gasteiger partial charge >= 0.3 is 0 Å². The molecule has 0 radical (unpaired) electrons. The average Bonchev–Trinajstić information content (AvgIpc) is 2.74. The lowest BCUT2D eigenvalue weighted by molar-refractivity contribution is 0.102. The largest absolute Gasteiger partial charge is 0.487 e. The molecule has 6 nitrogen and oxygen atoms in total. The summed E-state index contributed by atoms with van der Waals surface area (Å²) < 4.78 is 32.2. The van der Waals surface area contributed by atoms with E-state index in [9.17, 15) is 13.2 Å². The normalized spacial score (nSPS) is 11.2. The van der Waals surface area contributed by atoms with E-state index < -0.39 is 10.0 Å². The molecule has 3 aromatic rings. The maximum atomic E-state index is 12.6. The number of carbonyl (C=O) groups is 1. The third kappa shape index (κ3) is 6.28. The Balaban J connectivity index is 1.91. The zero-order valence-electron chi connectivity index (χ0n) is 17.1. The zero-order chi connectivity index (χ0) is 23.5. The summed E-state index contributed by atoms with van der Waals surface area (Å²) in [5, 5.41) is 3.77. The number of sulfonamides is 1. The first kappa shape index (κ1) is 24.6. The second kappa shape index (κ2) is 10.3. The van der Waals surface area contributed by atoms with Gasteiger partial charge in [0.25, 0.3) is 5.91 Å². The Bertz CT molecular complexity index is 1250. The van der Waals surface area contributed by atoms with Crippen LogP contribution in [-0.4, -0.2) is 27.6 Å². The molecule has 1 amide bonds. The Hall–Kier alpha value is -2.01. The van der Waals surface area contributed by atoms with Crippen LogP contribution in [0.3, 0.4) is 0 Å². The van der Waals surface area contributed by atoms with Gasteiger partial charge in [0.2, 0.25) is 10.0 Å². The van der Waals surface area contributed by atoms with E-state index in [4.69, 9.17) is 27.9 Å². The first-order chi connectivity index (χ1) is 15.0. The van der Waals surface area contributed by atoms with Gasteiger partial charge in [-0.15, -0.1) is 0 Å². The molecule has 1 N–H and O–H groups in total. The Labute approximate surface area is 210 Å². The van der Waals surface area contributed by atoms with Crippen LogP contribution >= 0.6 is 45.8 Å². The average molecular weight is 605 g/mol. The van der Waals surface area contributed by atoms with E-state index in [2.05, 4.69) is 27.9 Å². The highest BCUT2D eigenvalue weighted by molar-refractivity contribution is 14.1. The van der Waals surface area contributed by atoms with E-state index >= 15 is 0 Å². The van der Waals surface area contributed by atoms with Crippen LogP contribution in [-0.2, 0) is 16.6 Å². The molecule has 0 spiro atoms. The third-order valence-electron chi connectivity index (χ3n) is 4.55. The highest BCUT2D eigenvalue weighted by Crippen LogP contribution is 2.34. The number of anilines is 2. The number of hydrogen-bond donors (Lipinski definition) is 1. The second-order valence-corrected chi connectivity index (χ2v) is 11.0. The number of ether oxygens (including phenoxy) is 1. The van der Waals surface area contributed by atoms with Crippen LogP contribution in [0.25, 0.3) is 0 Å². The number of nitrogens with one attached hydrogen (secondary N) is 1. The lowest BCUT2D eigenvalue weighted by atomic mass is 10.2. The SMILES string of the molecule is CN(c1ccc(NC(=O)c2ccc(I)cc2)cc1OCc1cc(Cl)ccc1Cl)S(C)(=O)=O. The first-order valence-electron chi connectivity index (χ1n) is 9.26. The fraction of sp³-hybridized carbons (Fsp3) is 0.136. The molecule has 0 aliphatic rings. The van der Waals surface area contributed by atoms with Crippen LogP contribution in [0.5, 0.6) is 5.75 Å². The van der Waals surface area contributed by atoms with Crippen molar-refractivity contribution in [2.45, 2.75) is 6.61 Å². The van der Waals surface area contributed by atoms with Crippen molar-refractivity contribution in [1.82, 2.24) is 0 Å². The van der Waals surface area contributed by atoms with Crippen LogP contribution < -0.4 is 14.4 Å². The maximum Gasteiger partial charge on any atom is 0.255 e. The van der Waals surface area contributed by atoms with E-state index in [0.717, 1.165) is 14.1 Å². The van der Waals surface area contributed by atoms with Gasteiger partial charge in [0.05, 0.1) is 11.9 Å². The van der Waals surface area contributed by atoms with Gasteiger partial charge in [-0.1, -0.05) is 23.2 Å². The van der Waals surface area contributed by atoms with Crippen LogP contribution in [0, 0.1) is 3.57 Å². The number of amides is 1. The molecule has 0 aliphatic heterocycles. The molecule has 0 saturated heterocycles. The first-order valence-corrected chi connectivity index (χ1v) is 12.9. The summed E-state index contributed by atoms with van der Waals surface area (Å²) in [5.41, 5.74) is 1.90. The minimum Gasteiger partial charge on any atom is -0.487 e. The highest BCUT2D eigenvalue weighted by Gasteiger charge is 2.19. The van der Waals surface area contributed by atoms with Crippen molar-refractivity contribution < 1.29 is 17.9 Å². The predicted octanol–water partition coefficient (Wildman–Crippen LogP) is 5.83. The number of hydrogen-bond acceptors (Lipinski definition) is 4. The molecule has 0 unspecified atom stereocenters. The molecular formula is C22H19Cl2IN2O4S. The van der Waals surface area contributed by atoms with E-state index in [1.165, 1.54) is 7.05 Å². The molecule has 0 heterocycles. The summed E-state index contributed by atoms with van der Waals surface area (Å²) in [7, 11) is -2.12. The Morgan fingerprint density at radius 2 is 1.75 bits per heavy atom. The topological polar surface area (TPSA) is 75.7 Å². The molecule has 0 fully saturated rings. The number of rotatable bonds is 7. The third-order valence-corrected chi connectivity index (χ3v) is 7.07. The Kier molecular flexibility index (Phi) is 7.92. The molecule has 10 heteroatoms. The molecule has 3 rings (SSSR count). The summed E-state index contributed by atoms with van der Waals surface area (Å²) in [6.07, 6.45) is 1.09. The number of halogens is 3. The van der Waals surface area contributed by atoms with E-state index in [1.54, 1.807) is 48.5 Å². The predicted molar refractivity (Wildman–Crippen MR) is 138 cm³/mol. The maximum absolute atomic E-state index is 12.6. The lowest BCUT2D eigenvalue weighted by Crippen LogP contribution is -2.25. The minimum absolute atomic E-state index is 0.0541. The molecule has 0 aromatic heterocycles. The van der Waals surface area contributed by atoms with Crippen molar-refractivity contribution in [2.75, 3.05) is 22.9 Å². The van der Waals surface area contributed by atoms with Crippen molar-refractivity contribution >= 4 is 73.1 Å². The van der Waals surface area contributed by atoms with Crippen molar-refractivity contribution in [3.05, 3.63) is 85.4 Å². The Morgan fingerprint density at radius 1 is 1.06 bits per heavy atom. The van der Waals surface area contributed by atoms with Gasteiger partial charge in [0.1, 0.15) is 12.4 Å². The zero-order valence-corrected chi connectivity index (χ0v) is 21.6. The minimum atomic E-state index is -3.54. The van der Waals surface area contributed by atoms with Gasteiger partial charge in [-0.05, 0) is 77.2 Å². The van der Waals surface area contributed by atoms with Crippen molar-refractivity contribution in [2.24, 2.45) is 0 Å². The number of carbonyl (C=O) groups excluding carboxylic acids is 1. The monoisotopic (exact) mass is 604 g/mol. The van der Waals surface area contributed by atoms with Crippen LogP contribution in [0.1, 0.15) is 15.9 Å². The van der Waals surface area contributed by atoms with Gasteiger partial charge in [0.15, 0.2) is 0 Å². The van der Waals surface area contributed by atoms with Crippen molar-refractivity contribution in [1.29, 1.82) is 0 Å². The summed E-state index contributed by atoms with van der Waals surface area (Å²) in [5.74, 6) is -0.0381. The van der Waals surface area contributed by atoms with E-state index in [1.807, 2.05) is 12.1 Å². The van der Waals surface area contributed by atoms with Gasteiger partial charge in [-0.25, -0.2) is 8.42 Å². The van der Waals surface area contributed by atoms with E-state index in [-0.39, 0.29) is 18.3 Å². The van der Waals surface area contributed by atoms with E-state index in [0.29, 0.717) is 32.5 Å². The summed E-state index contributed by atoms with van der Waals surface area (Å²) in [4.78, 5) is 12.6. The van der Waals surface area contributed by atoms with Gasteiger partial charge in [-0.3, -0.25) is 9.10 Å². The van der Waals surface area contributed by atoms with Gasteiger partial charge in [-0.2, -0.15) is 0 Å². The summed E-state index contributed by atoms with van der Waals surface area (Å²) in [6, 6.07) is 16.9. The molecule has 3 aromatic carbocycles. The van der Waals surface area contributed by atoms with Gasteiger partial charge < -0.3 is 10.1 Å². The Morgan fingerprint density at radius 3 is 2.41 bits per heavy atom.